The fourth-order valence-corrected chi connectivity index (χ4v) is 3.35. The van der Waals surface area contributed by atoms with Crippen LogP contribution in [0, 0.1) is 11.6 Å². The second-order valence-corrected chi connectivity index (χ2v) is 7.12. The molecule has 0 bridgehead atoms. The number of ether oxygens (including phenoxy) is 3. The monoisotopic (exact) mass is 458 g/mol. The van der Waals surface area contributed by atoms with E-state index in [1.165, 1.54) is 4.68 Å². The van der Waals surface area contributed by atoms with Gasteiger partial charge in [0.05, 0.1) is 32.1 Å². The maximum atomic E-state index is 14.8. The Morgan fingerprint density at radius 2 is 1.70 bits per heavy atom. The highest BCUT2D eigenvalue weighted by Gasteiger charge is 2.33. The van der Waals surface area contributed by atoms with Gasteiger partial charge in [0.2, 0.25) is 0 Å². The number of unbranched alkanes of at least 4 members (excludes halogenated alkanes) is 2. The normalized spacial score (nSPS) is 10.7. The van der Waals surface area contributed by atoms with Crippen LogP contribution in [0.4, 0.5) is 8.78 Å². The van der Waals surface area contributed by atoms with E-state index in [1.54, 1.807) is 30.3 Å². The number of halogens is 2. The van der Waals surface area contributed by atoms with E-state index >= 15 is 0 Å². The van der Waals surface area contributed by atoms with Crippen LogP contribution in [0.5, 0.6) is 5.75 Å². The zero-order valence-electron chi connectivity index (χ0n) is 18.6. The van der Waals surface area contributed by atoms with Crippen molar-refractivity contribution in [3.63, 3.8) is 0 Å². The summed E-state index contributed by atoms with van der Waals surface area (Å²) in [5.41, 5.74) is -0.403. The Morgan fingerprint density at radius 1 is 1.00 bits per heavy atom. The van der Waals surface area contributed by atoms with Crippen molar-refractivity contribution in [3.05, 3.63) is 65.4 Å². The third-order valence-corrected chi connectivity index (χ3v) is 4.91. The van der Waals surface area contributed by atoms with E-state index in [1.807, 2.05) is 6.92 Å². The molecule has 33 heavy (non-hydrogen) atoms. The van der Waals surface area contributed by atoms with Crippen molar-refractivity contribution < 1.29 is 32.6 Å². The average Bonchev–Trinajstić information content (AvgIpc) is 3.22. The fourth-order valence-electron chi connectivity index (χ4n) is 3.35. The average molecular weight is 458 g/mol. The van der Waals surface area contributed by atoms with Gasteiger partial charge in [0.1, 0.15) is 17.1 Å². The molecule has 1 aromatic heterocycles. The number of methoxy groups -OCH3 is 2. The zero-order chi connectivity index (χ0) is 24.0. The van der Waals surface area contributed by atoms with E-state index in [4.69, 9.17) is 14.2 Å². The van der Waals surface area contributed by atoms with Crippen LogP contribution in [-0.4, -0.2) is 42.5 Å². The molecule has 3 aromatic rings. The largest absolute Gasteiger partial charge is 0.490 e. The molecule has 3 rings (SSSR count). The smallest absolute Gasteiger partial charge is 0.357 e. The van der Waals surface area contributed by atoms with Crippen molar-refractivity contribution in [2.24, 2.45) is 0 Å². The molecular weight excluding hydrogens is 434 g/mol. The zero-order valence-corrected chi connectivity index (χ0v) is 18.6. The number of nitrogens with zero attached hydrogens (tertiary/aromatic N) is 2. The van der Waals surface area contributed by atoms with Crippen LogP contribution < -0.4 is 4.74 Å². The number of carbonyl (C=O) groups is 2. The summed E-state index contributed by atoms with van der Waals surface area (Å²) >= 11 is 0. The van der Waals surface area contributed by atoms with Crippen molar-refractivity contribution in [1.82, 2.24) is 9.78 Å². The van der Waals surface area contributed by atoms with Crippen LogP contribution >= 0.6 is 0 Å². The van der Waals surface area contributed by atoms with Crippen molar-refractivity contribution >= 4 is 11.9 Å². The summed E-state index contributed by atoms with van der Waals surface area (Å²) in [6, 6.07) is 10.2. The Kier molecular flexibility index (Phi) is 7.76. The van der Waals surface area contributed by atoms with Crippen molar-refractivity contribution in [2.45, 2.75) is 26.2 Å². The van der Waals surface area contributed by atoms with E-state index in [2.05, 4.69) is 5.10 Å². The van der Waals surface area contributed by atoms with Gasteiger partial charge in [-0.15, -0.1) is 0 Å². The topological polar surface area (TPSA) is 79.7 Å². The molecule has 1 heterocycles. The number of aromatic nitrogens is 2. The molecule has 0 saturated heterocycles. The van der Waals surface area contributed by atoms with E-state index < -0.39 is 23.6 Å². The van der Waals surface area contributed by atoms with Gasteiger partial charge in [-0.1, -0.05) is 38.0 Å². The molecule has 0 aliphatic heterocycles. The molecule has 174 valence electrons. The number of esters is 2. The quantitative estimate of drug-likeness (QED) is 0.333. The van der Waals surface area contributed by atoms with Crippen LogP contribution in [0.3, 0.4) is 0 Å². The summed E-state index contributed by atoms with van der Waals surface area (Å²) in [4.78, 5) is 25.4. The van der Waals surface area contributed by atoms with Crippen molar-refractivity contribution in [3.8, 4) is 22.7 Å². The summed E-state index contributed by atoms with van der Waals surface area (Å²) in [6.07, 6.45) is 2.45. The summed E-state index contributed by atoms with van der Waals surface area (Å²) in [5.74, 6) is -3.92. The standard InChI is InChI=1S/C24H24F2N2O5/c1-4-5-9-12-33-22-17(13-15(25)14-18(22)26)20-19(23(29)31-2)21(24(30)32-3)28(27-20)16-10-7-6-8-11-16/h6-8,10-11,13-14H,4-5,9,12H2,1-3H3. The molecule has 0 aliphatic carbocycles. The lowest BCUT2D eigenvalue weighted by molar-refractivity contribution is 0.0549. The number of para-hydroxylation sites is 1. The molecule has 9 heteroatoms. The number of hydrogen-bond donors (Lipinski definition) is 0. The first-order chi connectivity index (χ1) is 15.9. The predicted molar refractivity (Wildman–Crippen MR) is 117 cm³/mol. The summed E-state index contributed by atoms with van der Waals surface area (Å²) in [5, 5.41) is 4.38. The van der Waals surface area contributed by atoms with Gasteiger partial charge in [-0.2, -0.15) is 5.10 Å². The van der Waals surface area contributed by atoms with Crippen molar-refractivity contribution in [2.75, 3.05) is 20.8 Å². The van der Waals surface area contributed by atoms with E-state index in [-0.39, 0.29) is 34.9 Å². The van der Waals surface area contributed by atoms with Gasteiger partial charge in [0, 0.05) is 6.07 Å². The molecule has 2 aromatic carbocycles. The van der Waals surface area contributed by atoms with Gasteiger partial charge in [-0.3, -0.25) is 0 Å². The first kappa shape index (κ1) is 23.9. The lowest BCUT2D eigenvalue weighted by Crippen LogP contribution is -2.15. The highest BCUT2D eigenvalue weighted by molar-refractivity contribution is 6.07. The number of carbonyl (C=O) groups excluding carboxylic acids is 2. The van der Waals surface area contributed by atoms with Crippen LogP contribution in [0.2, 0.25) is 0 Å². The summed E-state index contributed by atoms with van der Waals surface area (Å²) < 4.78 is 45.6. The minimum atomic E-state index is -0.953. The first-order valence-electron chi connectivity index (χ1n) is 10.4. The minimum absolute atomic E-state index is 0.121. The van der Waals surface area contributed by atoms with Crippen LogP contribution in [-0.2, 0) is 9.47 Å². The first-order valence-corrected chi connectivity index (χ1v) is 10.4. The van der Waals surface area contributed by atoms with Crippen LogP contribution in [0.15, 0.2) is 42.5 Å². The summed E-state index contributed by atoms with van der Waals surface area (Å²) in [7, 11) is 2.27. The van der Waals surface area contributed by atoms with Crippen LogP contribution in [0.1, 0.15) is 47.0 Å². The molecule has 0 spiro atoms. The molecule has 0 aliphatic rings. The molecule has 7 nitrogen and oxygen atoms in total. The fraction of sp³-hybridized carbons (Fsp3) is 0.292. The Labute approximate surface area is 189 Å². The second-order valence-electron chi connectivity index (χ2n) is 7.12. The SMILES string of the molecule is CCCCCOc1c(F)cc(F)cc1-c1nn(-c2ccccc2)c(C(=O)OC)c1C(=O)OC. The predicted octanol–water partition coefficient (Wildman–Crippen LogP) is 4.96. The summed E-state index contributed by atoms with van der Waals surface area (Å²) in [6.45, 7) is 2.19. The molecule has 0 amide bonds. The highest BCUT2D eigenvalue weighted by atomic mass is 19.1. The Balaban J connectivity index is 2.30. The highest BCUT2D eigenvalue weighted by Crippen LogP contribution is 2.37. The molecule has 0 radical (unpaired) electrons. The third-order valence-electron chi connectivity index (χ3n) is 4.91. The lowest BCUT2D eigenvalue weighted by Gasteiger charge is -2.12. The van der Waals surface area contributed by atoms with Gasteiger partial charge in [0.25, 0.3) is 0 Å². The van der Waals surface area contributed by atoms with Gasteiger partial charge in [-0.25, -0.2) is 23.1 Å². The maximum Gasteiger partial charge on any atom is 0.357 e. The number of rotatable bonds is 9. The third kappa shape index (κ3) is 5.02. The Morgan fingerprint density at radius 3 is 2.33 bits per heavy atom. The number of hydrogen-bond acceptors (Lipinski definition) is 6. The lowest BCUT2D eigenvalue weighted by atomic mass is 10.0. The van der Waals surface area contributed by atoms with Crippen LogP contribution in [0.25, 0.3) is 16.9 Å². The molecular formula is C24H24F2N2O5. The maximum absolute atomic E-state index is 14.8. The molecule has 0 saturated carbocycles. The van der Waals surface area contributed by atoms with E-state index in [9.17, 15) is 18.4 Å². The van der Waals surface area contributed by atoms with Gasteiger partial charge in [0.15, 0.2) is 17.3 Å². The minimum Gasteiger partial charge on any atom is -0.490 e. The molecule has 0 N–H and O–H groups in total. The van der Waals surface area contributed by atoms with Gasteiger partial charge in [-0.05, 0) is 24.6 Å². The van der Waals surface area contributed by atoms with E-state index in [0.717, 1.165) is 33.1 Å². The molecule has 0 fully saturated rings. The van der Waals surface area contributed by atoms with Crippen molar-refractivity contribution in [1.29, 1.82) is 0 Å². The molecule has 0 atom stereocenters. The second kappa shape index (κ2) is 10.7. The Hall–Kier alpha value is -3.75. The molecule has 0 unspecified atom stereocenters. The van der Waals surface area contributed by atoms with E-state index in [0.29, 0.717) is 18.2 Å². The van der Waals surface area contributed by atoms with Gasteiger partial charge >= 0.3 is 11.9 Å². The van der Waals surface area contributed by atoms with Gasteiger partial charge < -0.3 is 14.2 Å². The number of benzene rings is 2. The Bertz CT molecular complexity index is 1150.